The first-order chi connectivity index (χ1) is 8.59. The molecule has 1 aromatic rings. The van der Waals surface area contributed by atoms with Crippen molar-refractivity contribution in [1.82, 2.24) is 14.9 Å². The second-order valence-electron chi connectivity index (χ2n) is 4.29. The van der Waals surface area contributed by atoms with Crippen LogP contribution < -0.4 is 10.9 Å². The van der Waals surface area contributed by atoms with Crippen molar-refractivity contribution in [2.24, 2.45) is 0 Å². The Balaban J connectivity index is 2.06. The molecule has 0 aromatic carbocycles. The minimum Gasteiger partial charge on any atom is -0.357 e. The highest BCUT2D eigenvalue weighted by Gasteiger charge is 2.23. The van der Waals surface area contributed by atoms with E-state index in [-0.39, 0.29) is 11.5 Å². The fourth-order valence-electron chi connectivity index (χ4n) is 1.96. The monoisotopic (exact) mass is 314 g/mol. The van der Waals surface area contributed by atoms with E-state index in [4.69, 9.17) is 0 Å². The predicted octanol–water partition coefficient (Wildman–Crippen LogP) is 0.955. The number of hydrogen-bond acceptors (Lipinski definition) is 4. The van der Waals surface area contributed by atoms with E-state index >= 15 is 0 Å². The summed E-state index contributed by atoms with van der Waals surface area (Å²) in [4.78, 5) is 31.7. The Bertz CT molecular complexity index is 496. The summed E-state index contributed by atoms with van der Waals surface area (Å²) in [6, 6.07) is -0.395. The Labute approximate surface area is 113 Å². The third kappa shape index (κ3) is 2.72. The summed E-state index contributed by atoms with van der Waals surface area (Å²) in [6.45, 7) is 3.40. The Morgan fingerprint density at radius 2 is 2.22 bits per heavy atom. The molecule has 18 heavy (non-hydrogen) atoms. The average molecular weight is 315 g/mol. The Kier molecular flexibility index (Phi) is 4.00. The first-order valence-electron chi connectivity index (χ1n) is 5.88. The first-order valence-corrected chi connectivity index (χ1v) is 6.67. The molecule has 1 aliphatic rings. The minimum absolute atomic E-state index is 0.0430. The molecule has 1 saturated heterocycles. The van der Waals surface area contributed by atoms with Gasteiger partial charge in [-0.1, -0.05) is 0 Å². The molecule has 98 valence electrons. The Hall–Kier alpha value is -1.37. The second kappa shape index (κ2) is 5.51. The summed E-state index contributed by atoms with van der Waals surface area (Å²) in [6.07, 6.45) is 3.43. The van der Waals surface area contributed by atoms with Crippen LogP contribution in [0.4, 0.5) is 5.82 Å². The molecule has 6 nitrogen and oxygen atoms in total. The molecule has 1 unspecified atom stereocenters. The van der Waals surface area contributed by atoms with E-state index in [1.165, 1.54) is 6.33 Å². The highest BCUT2D eigenvalue weighted by Crippen LogP contribution is 2.16. The molecular weight excluding hydrogens is 300 g/mol. The molecule has 2 rings (SSSR count). The maximum absolute atomic E-state index is 12.1. The van der Waals surface area contributed by atoms with Crippen LogP contribution in [0.15, 0.2) is 15.6 Å². The summed E-state index contributed by atoms with van der Waals surface area (Å²) in [5, 5.41) is 2.96. The maximum Gasteiger partial charge on any atom is 0.267 e. The largest absolute Gasteiger partial charge is 0.357 e. The first kappa shape index (κ1) is 13.1. The number of hydrogen-bond donors (Lipinski definition) is 2. The van der Waals surface area contributed by atoms with Crippen molar-refractivity contribution in [3.63, 3.8) is 0 Å². The molecule has 0 bridgehead atoms. The van der Waals surface area contributed by atoms with Gasteiger partial charge in [0.15, 0.2) is 0 Å². The van der Waals surface area contributed by atoms with E-state index in [1.54, 1.807) is 6.92 Å². The topological polar surface area (TPSA) is 78.1 Å². The van der Waals surface area contributed by atoms with Crippen LogP contribution in [0.3, 0.4) is 0 Å². The molecule has 7 heteroatoms. The molecule has 1 aliphatic heterocycles. The molecule has 1 amide bonds. The highest BCUT2D eigenvalue weighted by atomic mass is 79.9. The number of aromatic amines is 1. The number of nitrogens with one attached hydrogen (secondary N) is 2. The van der Waals surface area contributed by atoms with Crippen molar-refractivity contribution in [3.05, 3.63) is 21.2 Å². The van der Waals surface area contributed by atoms with Gasteiger partial charge in [0.25, 0.3) is 5.56 Å². The van der Waals surface area contributed by atoms with Crippen LogP contribution >= 0.6 is 15.9 Å². The number of nitrogens with zero attached hydrogens (tertiary/aromatic N) is 2. The van der Waals surface area contributed by atoms with Gasteiger partial charge in [-0.05, 0) is 35.7 Å². The summed E-state index contributed by atoms with van der Waals surface area (Å²) >= 11 is 3.15. The Morgan fingerprint density at radius 3 is 2.89 bits per heavy atom. The van der Waals surface area contributed by atoms with Crippen molar-refractivity contribution >= 4 is 27.7 Å². The lowest BCUT2D eigenvalue weighted by Gasteiger charge is -2.21. The summed E-state index contributed by atoms with van der Waals surface area (Å²) in [5.41, 5.74) is -0.270. The molecule has 2 heterocycles. The van der Waals surface area contributed by atoms with E-state index in [0.717, 1.165) is 25.9 Å². The van der Waals surface area contributed by atoms with Crippen LogP contribution in [-0.2, 0) is 4.79 Å². The summed E-state index contributed by atoms with van der Waals surface area (Å²) in [7, 11) is 0. The SMILES string of the molecule is CC(Nc1nc[nH]c(=O)c1Br)C(=O)N1CCCC1. The zero-order valence-electron chi connectivity index (χ0n) is 10.1. The number of anilines is 1. The van der Waals surface area contributed by atoms with E-state index in [1.807, 2.05) is 4.90 Å². The highest BCUT2D eigenvalue weighted by molar-refractivity contribution is 9.10. The van der Waals surface area contributed by atoms with Crippen LogP contribution in [-0.4, -0.2) is 39.9 Å². The van der Waals surface area contributed by atoms with Crippen LogP contribution in [0.5, 0.6) is 0 Å². The number of carbonyl (C=O) groups is 1. The van der Waals surface area contributed by atoms with E-state index in [0.29, 0.717) is 10.3 Å². The van der Waals surface area contributed by atoms with Crippen molar-refractivity contribution in [1.29, 1.82) is 0 Å². The van der Waals surface area contributed by atoms with Gasteiger partial charge in [0.1, 0.15) is 16.3 Å². The quantitative estimate of drug-likeness (QED) is 0.871. The van der Waals surface area contributed by atoms with Crippen molar-refractivity contribution in [2.45, 2.75) is 25.8 Å². The number of aromatic nitrogens is 2. The lowest BCUT2D eigenvalue weighted by atomic mass is 10.3. The fourth-order valence-corrected chi connectivity index (χ4v) is 2.29. The van der Waals surface area contributed by atoms with E-state index < -0.39 is 6.04 Å². The number of rotatable bonds is 3. The fraction of sp³-hybridized carbons (Fsp3) is 0.545. The van der Waals surface area contributed by atoms with Gasteiger partial charge in [-0.3, -0.25) is 9.59 Å². The average Bonchev–Trinajstić information content (AvgIpc) is 2.87. The second-order valence-corrected chi connectivity index (χ2v) is 5.09. The summed E-state index contributed by atoms with van der Waals surface area (Å²) < 4.78 is 0.311. The minimum atomic E-state index is -0.395. The molecule has 0 spiro atoms. The van der Waals surface area contributed by atoms with Gasteiger partial charge >= 0.3 is 0 Å². The van der Waals surface area contributed by atoms with Gasteiger partial charge in [-0.2, -0.15) is 0 Å². The molecule has 2 N–H and O–H groups in total. The van der Waals surface area contributed by atoms with Crippen LogP contribution in [0.25, 0.3) is 0 Å². The molecule has 1 aromatic heterocycles. The van der Waals surface area contributed by atoms with Crippen LogP contribution in [0, 0.1) is 0 Å². The number of likely N-dealkylation sites (tertiary alicyclic amines) is 1. The predicted molar refractivity (Wildman–Crippen MR) is 71.5 cm³/mol. The van der Waals surface area contributed by atoms with Gasteiger partial charge in [0.05, 0.1) is 6.33 Å². The Morgan fingerprint density at radius 1 is 1.56 bits per heavy atom. The van der Waals surface area contributed by atoms with Gasteiger partial charge in [0.2, 0.25) is 5.91 Å². The standard InChI is InChI=1S/C11H15BrN4O2/c1-7(11(18)16-4-2-3-5-16)15-9-8(12)10(17)14-6-13-9/h6-7H,2-5H2,1H3,(H2,13,14,15,17). The zero-order chi connectivity index (χ0) is 13.1. The number of amides is 1. The third-order valence-corrected chi connectivity index (χ3v) is 3.67. The van der Waals surface area contributed by atoms with Crippen molar-refractivity contribution in [2.75, 3.05) is 18.4 Å². The van der Waals surface area contributed by atoms with Gasteiger partial charge < -0.3 is 15.2 Å². The van der Waals surface area contributed by atoms with Gasteiger partial charge in [-0.25, -0.2) is 4.98 Å². The lowest BCUT2D eigenvalue weighted by Crippen LogP contribution is -2.40. The van der Waals surface area contributed by atoms with Crippen molar-refractivity contribution in [3.8, 4) is 0 Å². The zero-order valence-corrected chi connectivity index (χ0v) is 11.7. The molecular formula is C11H15BrN4O2. The number of H-pyrrole nitrogens is 1. The molecule has 0 saturated carbocycles. The lowest BCUT2D eigenvalue weighted by molar-refractivity contribution is -0.130. The normalized spacial score (nSPS) is 16.7. The van der Waals surface area contributed by atoms with Crippen molar-refractivity contribution < 1.29 is 4.79 Å². The molecule has 1 atom stereocenters. The van der Waals surface area contributed by atoms with Gasteiger partial charge in [-0.15, -0.1) is 0 Å². The maximum atomic E-state index is 12.1. The van der Waals surface area contributed by atoms with Crippen LogP contribution in [0.2, 0.25) is 0 Å². The van der Waals surface area contributed by atoms with Gasteiger partial charge in [0, 0.05) is 13.1 Å². The number of halogens is 1. The molecule has 0 aliphatic carbocycles. The summed E-state index contributed by atoms with van der Waals surface area (Å²) in [5.74, 6) is 0.431. The van der Waals surface area contributed by atoms with E-state index in [2.05, 4.69) is 31.2 Å². The van der Waals surface area contributed by atoms with Crippen LogP contribution in [0.1, 0.15) is 19.8 Å². The third-order valence-electron chi connectivity index (χ3n) is 2.94. The smallest absolute Gasteiger partial charge is 0.267 e. The van der Waals surface area contributed by atoms with E-state index in [9.17, 15) is 9.59 Å². The number of carbonyl (C=O) groups excluding carboxylic acids is 1. The molecule has 0 radical (unpaired) electrons. The molecule has 1 fully saturated rings.